The first kappa shape index (κ1) is 12.4. The number of hydrogen-bond donors (Lipinski definition) is 1. The topological polar surface area (TPSA) is 40.5 Å². The first-order valence-corrected chi connectivity index (χ1v) is 6.47. The highest BCUT2D eigenvalue weighted by atomic mass is 32.2. The predicted molar refractivity (Wildman–Crippen MR) is 65.0 cm³/mol. The summed E-state index contributed by atoms with van der Waals surface area (Å²) in [6, 6.07) is 6.25. The van der Waals surface area contributed by atoms with Crippen LogP contribution < -0.4 is 0 Å². The average Bonchev–Trinajstić information content (AvgIpc) is 2.60. The number of aliphatic hydroxyl groups is 1. The maximum absolute atomic E-state index is 13.1. The van der Waals surface area contributed by atoms with Gasteiger partial charge in [0.2, 0.25) is 5.91 Å². The van der Waals surface area contributed by atoms with Crippen molar-refractivity contribution in [2.24, 2.45) is 0 Å². The molecule has 1 heterocycles. The number of hydrogen-bond acceptors (Lipinski definition) is 3. The van der Waals surface area contributed by atoms with E-state index in [2.05, 4.69) is 0 Å². The number of carbonyl (C=O) groups excluding carboxylic acids is 1. The number of aliphatic hydroxyl groups excluding tert-OH is 1. The van der Waals surface area contributed by atoms with Gasteiger partial charge in [0.25, 0.3) is 0 Å². The lowest BCUT2D eigenvalue weighted by Gasteiger charge is -2.25. The van der Waals surface area contributed by atoms with Gasteiger partial charge >= 0.3 is 0 Å². The van der Waals surface area contributed by atoms with E-state index in [0.717, 1.165) is 5.56 Å². The Labute approximate surface area is 104 Å². The van der Waals surface area contributed by atoms with Gasteiger partial charge in [-0.3, -0.25) is 4.79 Å². The van der Waals surface area contributed by atoms with Gasteiger partial charge < -0.3 is 10.0 Å². The number of halogens is 1. The number of rotatable bonds is 3. The molecule has 2 rings (SSSR count). The standard InChI is InChI=1S/C12H14FNO2S/c1-8(15)6-14-11(16)7-17-12(14)9-3-2-4-10(13)5-9/h2-5,8,12,15H,6-7H2,1H3/t8-,12-/m1/s1. The third-order valence-corrected chi connectivity index (χ3v) is 3.82. The SMILES string of the molecule is C[C@@H](O)CN1C(=O)CS[C@@H]1c1cccc(F)c1. The molecular weight excluding hydrogens is 241 g/mol. The van der Waals surface area contributed by atoms with E-state index in [1.165, 1.54) is 23.9 Å². The zero-order valence-corrected chi connectivity index (χ0v) is 10.3. The maximum Gasteiger partial charge on any atom is 0.233 e. The molecule has 1 aromatic rings. The fourth-order valence-electron chi connectivity index (χ4n) is 1.87. The molecule has 0 aromatic heterocycles. The quantitative estimate of drug-likeness (QED) is 0.895. The van der Waals surface area contributed by atoms with Crippen molar-refractivity contribution >= 4 is 17.7 Å². The van der Waals surface area contributed by atoms with Crippen LogP contribution >= 0.6 is 11.8 Å². The molecule has 1 amide bonds. The van der Waals surface area contributed by atoms with Crippen molar-refractivity contribution in [3.8, 4) is 0 Å². The molecule has 1 saturated heterocycles. The van der Waals surface area contributed by atoms with E-state index in [1.807, 2.05) is 0 Å². The molecule has 1 N–H and O–H groups in total. The molecule has 1 fully saturated rings. The van der Waals surface area contributed by atoms with E-state index in [9.17, 15) is 14.3 Å². The van der Waals surface area contributed by atoms with Crippen LogP contribution in [-0.4, -0.2) is 34.3 Å². The number of carbonyl (C=O) groups is 1. The number of amides is 1. The van der Waals surface area contributed by atoms with Crippen molar-refractivity contribution in [3.05, 3.63) is 35.6 Å². The van der Waals surface area contributed by atoms with Gasteiger partial charge in [0.05, 0.1) is 11.9 Å². The summed E-state index contributed by atoms with van der Waals surface area (Å²) >= 11 is 1.46. The van der Waals surface area contributed by atoms with Gasteiger partial charge in [0.15, 0.2) is 0 Å². The van der Waals surface area contributed by atoms with Crippen LogP contribution in [0.15, 0.2) is 24.3 Å². The lowest BCUT2D eigenvalue weighted by Crippen LogP contribution is -2.34. The Balaban J connectivity index is 2.22. The molecule has 3 nitrogen and oxygen atoms in total. The van der Waals surface area contributed by atoms with Crippen LogP contribution in [-0.2, 0) is 4.79 Å². The molecule has 1 aliphatic rings. The van der Waals surface area contributed by atoms with Crippen LogP contribution in [0.5, 0.6) is 0 Å². The smallest absolute Gasteiger partial charge is 0.233 e. The minimum atomic E-state index is -0.575. The minimum Gasteiger partial charge on any atom is -0.392 e. The van der Waals surface area contributed by atoms with E-state index in [4.69, 9.17) is 0 Å². The number of nitrogens with zero attached hydrogens (tertiary/aromatic N) is 1. The number of thioether (sulfide) groups is 1. The highest BCUT2D eigenvalue weighted by Gasteiger charge is 2.33. The van der Waals surface area contributed by atoms with Crippen LogP contribution in [0.25, 0.3) is 0 Å². The Kier molecular flexibility index (Phi) is 3.69. The van der Waals surface area contributed by atoms with Crippen molar-refractivity contribution in [1.29, 1.82) is 0 Å². The second kappa shape index (κ2) is 5.06. The monoisotopic (exact) mass is 255 g/mol. The maximum atomic E-state index is 13.1. The van der Waals surface area contributed by atoms with Crippen molar-refractivity contribution in [3.63, 3.8) is 0 Å². The molecule has 1 aromatic carbocycles. The van der Waals surface area contributed by atoms with Crippen LogP contribution in [0.3, 0.4) is 0 Å². The van der Waals surface area contributed by atoms with Gasteiger partial charge in [-0.2, -0.15) is 0 Å². The third kappa shape index (κ3) is 2.79. The molecular formula is C12H14FNO2S. The van der Waals surface area contributed by atoms with Crippen molar-refractivity contribution < 1.29 is 14.3 Å². The average molecular weight is 255 g/mol. The molecule has 1 aliphatic heterocycles. The molecule has 0 spiro atoms. The number of β-amino-alcohol motifs (C(OH)–C–C–N with tert-alkyl or cyclic N) is 1. The van der Waals surface area contributed by atoms with E-state index in [1.54, 1.807) is 24.0 Å². The molecule has 0 aliphatic carbocycles. The molecule has 0 radical (unpaired) electrons. The van der Waals surface area contributed by atoms with E-state index in [-0.39, 0.29) is 23.6 Å². The van der Waals surface area contributed by atoms with Gasteiger partial charge in [0, 0.05) is 6.54 Å². The molecule has 2 atom stereocenters. The lowest BCUT2D eigenvalue weighted by molar-refractivity contribution is -0.129. The Morgan fingerprint density at radius 3 is 3.06 bits per heavy atom. The predicted octanol–water partition coefficient (Wildman–Crippen LogP) is 1.78. The van der Waals surface area contributed by atoms with Gasteiger partial charge in [-0.1, -0.05) is 12.1 Å². The molecule has 0 bridgehead atoms. The first-order chi connectivity index (χ1) is 8.08. The summed E-state index contributed by atoms with van der Waals surface area (Å²) in [5.74, 6) is 0.0677. The Morgan fingerprint density at radius 1 is 1.65 bits per heavy atom. The molecule has 0 unspecified atom stereocenters. The van der Waals surface area contributed by atoms with Gasteiger partial charge in [0.1, 0.15) is 11.2 Å². The summed E-state index contributed by atoms with van der Waals surface area (Å²) in [6.07, 6.45) is -0.575. The third-order valence-electron chi connectivity index (χ3n) is 2.56. The Hall–Kier alpha value is -1.07. The lowest BCUT2D eigenvalue weighted by atomic mass is 10.2. The summed E-state index contributed by atoms with van der Waals surface area (Å²) in [7, 11) is 0. The fraction of sp³-hybridized carbons (Fsp3) is 0.417. The van der Waals surface area contributed by atoms with E-state index in [0.29, 0.717) is 5.75 Å². The Morgan fingerprint density at radius 2 is 2.41 bits per heavy atom. The highest BCUT2D eigenvalue weighted by Crippen LogP contribution is 2.38. The largest absolute Gasteiger partial charge is 0.392 e. The Bertz CT molecular complexity index is 425. The second-order valence-electron chi connectivity index (χ2n) is 4.11. The van der Waals surface area contributed by atoms with Crippen LogP contribution in [0.1, 0.15) is 17.9 Å². The van der Waals surface area contributed by atoms with Crippen molar-refractivity contribution in [2.75, 3.05) is 12.3 Å². The summed E-state index contributed by atoms with van der Waals surface area (Å²) in [6.45, 7) is 1.92. The number of benzene rings is 1. The molecule has 0 saturated carbocycles. The van der Waals surface area contributed by atoms with E-state index < -0.39 is 6.10 Å². The van der Waals surface area contributed by atoms with Crippen LogP contribution in [0, 0.1) is 5.82 Å². The van der Waals surface area contributed by atoms with Crippen LogP contribution in [0.2, 0.25) is 0 Å². The normalized spacial score (nSPS) is 21.9. The van der Waals surface area contributed by atoms with Gasteiger partial charge in [-0.05, 0) is 24.6 Å². The first-order valence-electron chi connectivity index (χ1n) is 5.42. The zero-order valence-electron chi connectivity index (χ0n) is 9.47. The summed E-state index contributed by atoms with van der Waals surface area (Å²) < 4.78 is 13.1. The van der Waals surface area contributed by atoms with Crippen molar-refractivity contribution in [1.82, 2.24) is 4.90 Å². The highest BCUT2D eigenvalue weighted by molar-refractivity contribution is 8.00. The minimum absolute atomic E-state index is 0.00911. The van der Waals surface area contributed by atoms with Gasteiger partial charge in [-0.25, -0.2) is 4.39 Å². The van der Waals surface area contributed by atoms with Gasteiger partial charge in [-0.15, -0.1) is 11.8 Å². The summed E-state index contributed by atoms with van der Waals surface area (Å²) in [5.41, 5.74) is 0.765. The second-order valence-corrected chi connectivity index (χ2v) is 5.18. The van der Waals surface area contributed by atoms with Crippen LogP contribution in [0.4, 0.5) is 4.39 Å². The molecule has 5 heteroatoms. The summed E-state index contributed by atoms with van der Waals surface area (Å²) in [5, 5.41) is 9.19. The fourth-order valence-corrected chi connectivity index (χ4v) is 3.06. The van der Waals surface area contributed by atoms with E-state index >= 15 is 0 Å². The summed E-state index contributed by atoms with van der Waals surface area (Å²) in [4.78, 5) is 13.3. The van der Waals surface area contributed by atoms with Crippen molar-refractivity contribution in [2.45, 2.75) is 18.4 Å². The zero-order chi connectivity index (χ0) is 12.4. The molecule has 92 valence electrons. The molecule has 17 heavy (non-hydrogen) atoms.